The number of aldehydes is 1. The Morgan fingerprint density at radius 1 is 1.00 bits per heavy atom. The monoisotopic (exact) mass is 440 g/mol. The number of carbonyl (C=O) groups is 1. The number of ether oxygens (including phenoxy) is 1. The molecule has 33 heavy (non-hydrogen) atoms. The number of halogens is 1. The molecule has 0 atom stereocenters. The highest BCUT2D eigenvalue weighted by atomic mass is 19.1. The molecule has 0 saturated carbocycles. The van der Waals surface area contributed by atoms with Crippen molar-refractivity contribution in [1.82, 2.24) is 15.0 Å². The Balaban J connectivity index is 1.30. The standard InChI is InChI=1S/C25H17FN4O3/c26-20-11-18(6-8-23(20)32-15-16-4-2-1-3-5-16)29-25-28-12-17-10-21(27-13-22(17)30-25)24-9-7-19(14-31)33-24/h1-14H,15H2,(H,28,29,30). The number of aromatic nitrogens is 3. The second-order valence-electron chi connectivity index (χ2n) is 7.19. The number of anilines is 2. The third-order valence-corrected chi connectivity index (χ3v) is 4.89. The molecule has 1 N–H and O–H groups in total. The Morgan fingerprint density at radius 2 is 1.88 bits per heavy atom. The van der Waals surface area contributed by atoms with Gasteiger partial charge in [-0.2, -0.15) is 0 Å². The Labute approximate surface area is 187 Å². The molecule has 0 unspecified atom stereocenters. The first kappa shape index (κ1) is 20.3. The summed E-state index contributed by atoms with van der Waals surface area (Å²) in [4.78, 5) is 23.9. The van der Waals surface area contributed by atoms with Crippen LogP contribution in [-0.4, -0.2) is 21.2 Å². The van der Waals surface area contributed by atoms with Gasteiger partial charge in [0.1, 0.15) is 12.3 Å². The van der Waals surface area contributed by atoms with E-state index >= 15 is 0 Å². The normalized spacial score (nSPS) is 10.8. The van der Waals surface area contributed by atoms with E-state index < -0.39 is 5.82 Å². The second kappa shape index (κ2) is 8.88. The number of nitrogens with zero attached hydrogens (tertiary/aromatic N) is 3. The summed E-state index contributed by atoms with van der Waals surface area (Å²) in [6, 6.07) is 19.2. The molecule has 162 valence electrons. The lowest BCUT2D eigenvalue weighted by atomic mass is 10.2. The number of nitrogens with one attached hydrogen (secondary N) is 1. The minimum Gasteiger partial charge on any atom is -0.486 e. The molecular formula is C25H17FN4O3. The van der Waals surface area contributed by atoms with Gasteiger partial charge in [0.05, 0.1) is 11.7 Å². The molecule has 0 saturated heterocycles. The summed E-state index contributed by atoms with van der Waals surface area (Å²) in [6.45, 7) is 0.280. The van der Waals surface area contributed by atoms with Crippen LogP contribution >= 0.6 is 0 Å². The summed E-state index contributed by atoms with van der Waals surface area (Å²) in [7, 11) is 0. The SMILES string of the molecule is O=Cc1ccc(-c2cc3cnc(Nc4ccc(OCc5ccccc5)c(F)c4)nc3cn2)o1. The molecule has 0 aliphatic rings. The second-order valence-corrected chi connectivity index (χ2v) is 7.19. The predicted octanol–water partition coefficient (Wildman–Crippen LogP) is 5.56. The van der Waals surface area contributed by atoms with Crippen LogP contribution in [0.3, 0.4) is 0 Å². The van der Waals surface area contributed by atoms with Gasteiger partial charge in [0.2, 0.25) is 5.95 Å². The van der Waals surface area contributed by atoms with Gasteiger partial charge >= 0.3 is 0 Å². The van der Waals surface area contributed by atoms with Gasteiger partial charge in [0.15, 0.2) is 29.4 Å². The zero-order valence-electron chi connectivity index (χ0n) is 17.2. The van der Waals surface area contributed by atoms with E-state index in [9.17, 15) is 9.18 Å². The topological polar surface area (TPSA) is 90.1 Å². The zero-order chi connectivity index (χ0) is 22.6. The van der Waals surface area contributed by atoms with Gasteiger partial charge in [0, 0.05) is 23.3 Å². The van der Waals surface area contributed by atoms with Gasteiger partial charge in [0.25, 0.3) is 0 Å². The first-order valence-electron chi connectivity index (χ1n) is 10.1. The van der Waals surface area contributed by atoms with E-state index in [1.165, 1.54) is 6.07 Å². The van der Waals surface area contributed by atoms with Crippen LogP contribution in [0, 0.1) is 5.82 Å². The highest BCUT2D eigenvalue weighted by molar-refractivity contribution is 5.82. The number of fused-ring (bicyclic) bond motifs is 1. The molecule has 0 aliphatic carbocycles. The van der Waals surface area contributed by atoms with E-state index in [0.29, 0.717) is 34.9 Å². The van der Waals surface area contributed by atoms with Gasteiger partial charge in [-0.15, -0.1) is 0 Å². The smallest absolute Gasteiger partial charge is 0.227 e. The molecule has 5 rings (SSSR count). The molecule has 7 nitrogen and oxygen atoms in total. The van der Waals surface area contributed by atoms with Gasteiger partial charge in [-0.05, 0) is 35.9 Å². The largest absolute Gasteiger partial charge is 0.486 e. The maximum absolute atomic E-state index is 14.5. The van der Waals surface area contributed by atoms with Crippen LogP contribution in [0.4, 0.5) is 16.0 Å². The van der Waals surface area contributed by atoms with Crippen molar-refractivity contribution in [3.8, 4) is 17.2 Å². The van der Waals surface area contributed by atoms with Crippen molar-refractivity contribution in [2.75, 3.05) is 5.32 Å². The Bertz CT molecular complexity index is 1440. The molecule has 0 amide bonds. The maximum Gasteiger partial charge on any atom is 0.227 e. The van der Waals surface area contributed by atoms with Gasteiger partial charge in [-0.1, -0.05) is 30.3 Å². The predicted molar refractivity (Wildman–Crippen MR) is 121 cm³/mol. The Kier molecular flexibility index (Phi) is 5.47. The lowest BCUT2D eigenvalue weighted by Crippen LogP contribution is -2.00. The fraction of sp³-hybridized carbons (Fsp3) is 0.0400. The summed E-state index contributed by atoms with van der Waals surface area (Å²) in [6.07, 6.45) is 3.85. The van der Waals surface area contributed by atoms with Crippen LogP contribution in [0.1, 0.15) is 16.1 Å². The van der Waals surface area contributed by atoms with E-state index in [4.69, 9.17) is 9.15 Å². The van der Waals surface area contributed by atoms with Crippen molar-refractivity contribution in [2.24, 2.45) is 0 Å². The van der Waals surface area contributed by atoms with E-state index in [2.05, 4.69) is 20.3 Å². The van der Waals surface area contributed by atoms with E-state index in [-0.39, 0.29) is 18.1 Å². The Hall–Kier alpha value is -4.59. The molecule has 0 radical (unpaired) electrons. The fourth-order valence-corrected chi connectivity index (χ4v) is 3.24. The molecule has 0 aliphatic heterocycles. The van der Waals surface area contributed by atoms with Gasteiger partial charge < -0.3 is 14.5 Å². The van der Waals surface area contributed by atoms with E-state index in [1.807, 2.05) is 30.3 Å². The molecule has 2 aromatic carbocycles. The number of rotatable bonds is 7. The minimum absolute atomic E-state index is 0.163. The summed E-state index contributed by atoms with van der Waals surface area (Å²) in [5.74, 6) is 0.681. The number of hydrogen-bond donors (Lipinski definition) is 1. The van der Waals surface area contributed by atoms with Crippen molar-refractivity contribution in [3.63, 3.8) is 0 Å². The fourth-order valence-electron chi connectivity index (χ4n) is 3.24. The summed E-state index contributed by atoms with van der Waals surface area (Å²) >= 11 is 0. The third-order valence-electron chi connectivity index (χ3n) is 4.89. The number of hydrogen-bond acceptors (Lipinski definition) is 7. The maximum atomic E-state index is 14.5. The highest BCUT2D eigenvalue weighted by Crippen LogP contribution is 2.26. The minimum atomic E-state index is -0.490. The summed E-state index contributed by atoms with van der Waals surface area (Å²) < 4.78 is 25.5. The molecule has 0 spiro atoms. The van der Waals surface area contributed by atoms with E-state index in [0.717, 1.165) is 10.9 Å². The number of pyridine rings is 1. The number of benzene rings is 2. The zero-order valence-corrected chi connectivity index (χ0v) is 17.2. The van der Waals surface area contributed by atoms with Crippen LogP contribution in [0.15, 0.2) is 83.5 Å². The molecule has 0 fully saturated rings. The molecular weight excluding hydrogens is 423 g/mol. The van der Waals surface area contributed by atoms with Crippen LogP contribution in [0.2, 0.25) is 0 Å². The van der Waals surface area contributed by atoms with Gasteiger partial charge in [-0.25, -0.2) is 14.4 Å². The average molecular weight is 440 g/mol. The first-order chi connectivity index (χ1) is 16.2. The van der Waals surface area contributed by atoms with Crippen molar-refractivity contribution < 1.29 is 18.3 Å². The van der Waals surface area contributed by atoms with Crippen LogP contribution in [-0.2, 0) is 6.61 Å². The molecule has 3 heterocycles. The molecule has 0 bridgehead atoms. The lowest BCUT2D eigenvalue weighted by molar-refractivity contribution is 0.110. The van der Waals surface area contributed by atoms with Crippen molar-refractivity contribution in [1.29, 1.82) is 0 Å². The average Bonchev–Trinajstić information content (AvgIpc) is 3.33. The van der Waals surface area contributed by atoms with Crippen LogP contribution < -0.4 is 10.1 Å². The van der Waals surface area contributed by atoms with Crippen LogP contribution in [0.25, 0.3) is 22.4 Å². The summed E-state index contributed by atoms with van der Waals surface area (Å²) in [5, 5.41) is 3.73. The number of carbonyl (C=O) groups excluding carboxylic acids is 1. The van der Waals surface area contributed by atoms with Crippen molar-refractivity contribution in [3.05, 3.63) is 96.3 Å². The lowest BCUT2D eigenvalue weighted by Gasteiger charge is -2.10. The van der Waals surface area contributed by atoms with Crippen LogP contribution in [0.5, 0.6) is 5.75 Å². The highest BCUT2D eigenvalue weighted by Gasteiger charge is 2.10. The van der Waals surface area contributed by atoms with Crippen molar-refractivity contribution in [2.45, 2.75) is 6.61 Å². The first-order valence-corrected chi connectivity index (χ1v) is 10.1. The summed E-state index contributed by atoms with van der Waals surface area (Å²) in [5.41, 5.74) is 2.60. The Morgan fingerprint density at radius 3 is 2.67 bits per heavy atom. The molecule has 5 aromatic rings. The quantitative estimate of drug-likeness (QED) is 0.331. The van der Waals surface area contributed by atoms with Gasteiger partial charge in [-0.3, -0.25) is 9.78 Å². The van der Waals surface area contributed by atoms with Crippen molar-refractivity contribution >= 4 is 28.8 Å². The molecule has 3 aromatic heterocycles. The third kappa shape index (κ3) is 4.54. The van der Waals surface area contributed by atoms with E-state index in [1.54, 1.807) is 42.7 Å². The molecule has 8 heteroatoms. The number of furan rings is 1.